The Balaban J connectivity index is 2.16. The van der Waals surface area contributed by atoms with Gasteiger partial charge in [-0.3, -0.25) is 4.79 Å². The molecule has 2 aliphatic carbocycles. The van der Waals surface area contributed by atoms with Gasteiger partial charge in [-0.15, -0.1) is 0 Å². The number of Topliss-reactive ketones (excluding diaryl/α,β-unsaturated/α-hetero) is 1. The molecule has 2 fully saturated rings. The Bertz CT molecular complexity index is 493. The average Bonchev–Trinajstić information content (AvgIpc) is 2.22. The number of halogens is 3. The summed E-state index contributed by atoms with van der Waals surface area (Å²) >= 11 is 0. The Morgan fingerprint density at radius 3 is 2.06 bits per heavy atom. The van der Waals surface area contributed by atoms with Crippen molar-refractivity contribution in [2.24, 2.45) is 5.41 Å². The van der Waals surface area contributed by atoms with Crippen molar-refractivity contribution < 1.29 is 17.7 Å². The lowest BCUT2D eigenvalue weighted by Crippen LogP contribution is -2.73. The lowest BCUT2D eigenvalue weighted by molar-refractivity contribution is -0.156. The van der Waals surface area contributed by atoms with Crippen LogP contribution in [-0.2, 0) is 10.1 Å². The predicted molar refractivity (Wildman–Crippen MR) is 63.1 cm³/mol. The van der Waals surface area contributed by atoms with E-state index in [1.165, 1.54) is 12.1 Å². The third kappa shape index (κ3) is 1.13. The van der Waals surface area contributed by atoms with Crippen LogP contribution in [0.15, 0.2) is 30.3 Å². The minimum absolute atomic E-state index is 0.197. The molecule has 0 radical (unpaired) electrons. The van der Waals surface area contributed by atoms with Gasteiger partial charge in [0.1, 0.15) is 5.78 Å². The fraction of sp³-hybridized carbons (Fsp3) is 0.462. The van der Waals surface area contributed by atoms with E-state index in [-0.39, 0.29) is 17.8 Å². The second kappa shape index (κ2) is 3.40. The summed E-state index contributed by atoms with van der Waals surface area (Å²) in [4.78, 5) is 11.8. The van der Waals surface area contributed by atoms with E-state index in [4.69, 9.17) is 0 Å². The Labute approximate surface area is 103 Å². The number of hydrogen-bond donors (Lipinski definition) is 0. The van der Waals surface area contributed by atoms with E-state index in [1.54, 1.807) is 18.2 Å². The first kappa shape index (κ1) is 11.8. The summed E-state index contributed by atoms with van der Waals surface area (Å²) in [6, 6.07) is 7.97. The van der Waals surface area contributed by atoms with E-state index in [0.29, 0.717) is 12.8 Å². The monoisotopic (exact) mass is 253 g/mol. The van der Waals surface area contributed by atoms with Crippen molar-refractivity contribution in [2.75, 3.05) is 0 Å². The average molecular weight is 253 g/mol. The summed E-state index contributed by atoms with van der Waals surface area (Å²) in [7, 11) is 0. The van der Waals surface area contributed by atoms with Crippen LogP contribution in [0.2, 0.25) is 0 Å². The first-order valence-electron chi connectivity index (χ1n) is 6.22. The van der Waals surface area contributed by atoms with Crippen LogP contribution in [0, 0.1) is 5.41 Å². The van der Waals surface area contributed by atoms with Gasteiger partial charge in [0.05, 0.1) is 0 Å². The second-order valence-corrected chi connectivity index (χ2v) is 5.45. The molecule has 0 heterocycles. The highest BCUT2D eigenvalue weighted by Gasteiger charge is 2.74. The van der Waals surface area contributed by atoms with Gasteiger partial charge in [0.25, 0.3) is 0 Å². The molecule has 3 rings (SSSR count). The van der Waals surface area contributed by atoms with Crippen molar-refractivity contribution >= 4 is 12.8 Å². The summed E-state index contributed by atoms with van der Waals surface area (Å²) in [5.74, 6) is -0.197. The number of ketones is 1. The minimum atomic E-state index is -5.07. The van der Waals surface area contributed by atoms with Gasteiger partial charge in [-0.25, -0.2) is 0 Å². The molecular formula is C13H13BF3O-. The molecule has 18 heavy (non-hydrogen) atoms. The molecule has 0 saturated heterocycles. The van der Waals surface area contributed by atoms with Crippen molar-refractivity contribution in [3.63, 3.8) is 0 Å². The van der Waals surface area contributed by atoms with Crippen LogP contribution in [0.4, 0.5) is 12.9 Å². The molecule has 1 aromatic carbocycles. The molecule has 5 heteroatoms. The van der Waals surface area contributed by atoms with E-state index >= 15 is 0 Å². The van der Waals surface area contributed by atoms with Crippen LogP contribution in [-0.4, -0.2) is 12.8 Å². The number of rotatable bonds is 2. The number of benzene rings is 1. The molecule has 0 N–H and O–H groups in total. The molecule has 1 nitrogen and oxygen atoms in total. The van der Waals surface area contributed by atoms with Crippen LogP contribution >= 0.6 is 0 Å². The molecule has 96 valence electrons. The van der Waals surface area contributed by atoms with E-state index in [0.717, 1.165) is 6.42 Å². The van der Waals surface area contributed by atoms with Gasteiger partial charge in [0, 0.05) is 5.41 Å². The Hall–Kier alpha value is -1.26. The highest BCUT2D eigenvalue weighted by atomic mass is 19.4. The van der Waals surface area contributed by atoms with Gasteiger partial charge in [-0.05, 0) is 24.6 Å². The summed E-state index contributed by atoms with van der Waals surface area (Å²) in [5.41, 5.74) is -0.858. The third-order valence-corrected chi connectivity index (χ3v) is 4.88. The van der Waals surface area contributed by atoms with Gasteiger partial charge in [0.2, 0.25) is 0 Å². The van der Waals surface area contributed by atoms with Crippen LogP contribution in [0.1, 0.15) is 31.2 Å². The SMILES string of the molecule is O=C1CC(c2ccccc2)([B-](F)(F)F)C12CCC2. The molecule has 0 aliphatic heterocycles. The van der Waals surface area contributed by atoms with E-state index in [2.05, 4.69) is 0 Å². The van der Waals surface area contributed by atoms with Crippen molar-refractivity contribution in [3.8, 4) is 0 Å². The summed E-state index contributed by atoms with van der Waals surface area (Å²) in [6.07, 6.45) is 1.15. The third-order valence-electron chi connectivity index (χ3n) is 4.88. The van der Waals surface area contributed by atoms with E-state index in [9.17, 15) is 17.7 Å². The molecule has 2 saturated carbocycles. The van der Waals surface area contributed by atoms with Crippen LogP contribution in [0.3, 0.4) is 0 Å². The van der Waals surface area contributed by atoms with Gasteiger partial charge < -0.3 is 12.9 Å². The molecule has 1 aromatic rings. The largest absolute Gasteiger partial charge is 0.490 e. The molecule has 0 aromatic heterocycles. The Morgan fingerprint density at radius 2 is 1.67 bits per heavy atom. The second-order valence-electron chi connectivity index (χ2n) is 5.45. The Morgan fingerprint density at radius 1 is 1.06 bits per heavy atom. The zero-order valence-electron chi connectivity index (χ0n) is 9.83. The van der Waals surface area contributed by atoms with Gasteiger partial charge in [-0.2, -0.15) is 0 Å². The lowest BCUT2D eigenvalue weighted by Gasteiger charge is -2.67. The minimum Gasteiger partial charge on any atom is -0.448 e. The summed E-state index contributed by atoms with van der Waals surface area (Å²) in [5, 5.41) is -1.87. The smallest absolute Gasteiger partial charge is 0.448 e. The fourth-order valence-electron chi connectivity index (χ4n) is 3.72. The molecule has 1 spiro atoms. The molecule has 1 unspecified atom stereocenters. The number of carbonyl (C=O) groups is 1. The topological polar surface area (TPSA) is 17.1 Å². The van der Waals surface area contributed by atoms with Gasteiger partial charge >= 0.3 is 6.98 Å². The van der Waals surface area contributed by atoms with Crippen LogP contribution in [0.25, 0.3) is 0 Å². The summed E-state index contributed by atoms with van der Waals surface area (Å²) in [6.45, 7) is -5.07. The molecule has 0 amide bonds. The predicted octanol–water partition coefficient (Wildman–Crippen LogP) is 3.45. The van der Waals surface area contributed by atoms with Crippen molar-refractivity contribution in [3.05, 3.63) is 35.9 Å². The first-order valence-corrected chi connectivity index (χ1v) is 6.22. The molecule has 0 bridgehead atoms. The van der Waals surface area contributed by atoms with Crippen molar-refractivity contribution in [1.29, 1.82) is 0 Å². The fourth-order valence-corrected chi connectivity index (χ4v) is 3.72. The molecule has 1 atom stereocenters. The van der Waals surface area contributed by atoms with Crippen molar-refractivity contribution in [1.82, 2.24) is 0 Å². The standard InChI is InChI=1S/C13H13BF3O/c15-14(16,17)13(10-5-2-1-3-6-10)9-11(18)12(13)7-4-8-12/h1-3,5-6H,4,7-9H2/q-1. The van der Waals surface area contributed by atoms with Crippen LogP contribution < -0.4 is 0 Å². The normalized spacial score (nSPS) is 29.8. The zero-order chi connectivity index (χ0) is 13.0. The highest BCUT2D eigenvalue weighted by Crippen LogP contribution is 2.69. The van der Waals surface area contributed by atoms with E-state index < -0.39 is 17.7 Å². The van der Waals surface area contributed by atoms with E-state index in [1.807, 2.05) is 0 Å². The maximum atomic E-state index is 13.6. The van der Waals surface area contributed by atoms with Gasteiger partial charge in [-0.1, -0.05) is 42.3 Å². The first-order chi connectivity index (χ1) is 8.44. The van der Waals surface area contributed by atoms with Crippen LogP contribution in [0.5, 0.6) is 0 Å². The number of carbonyl (C=O) groups excluding carboxylic acids is 1. The zero-order valence-corrected chi connectivity index (χ0v) is 9.83. The quantitative estimate of drug-likeness (QED) is 0.737. The highest BCUT2D eigenvalue weighted by molar-refractivity contribution is 6.64. The molecule has 2 aliphatic rings. The van der Waals surface area contributed by atoms with Crippen molar-refractivity contribution in [2.45, 2.75) is 31.0 Å². The maximum Gasteiger partial charge on any atom is 0.490 e. The number of hydrogen-bond acceptors (Lipinski definition) is 1. The Kier molecular flexibility index (Phi) is 2.23. The summed E-state index contributed by atoms with van der Waals surface area (Å²) < 4.78 is 40.9. The van der Waals surface area contributed by atoms with Gasteiger partial charge in [0.15, 0.2) is 0 Å². The maximum absolute atomic E-state index is 13.6. The lowest BCUT2D eigenvalue weighted by atomic mass is 9.28. The molecular weight excluding hydrogens is 240 g/mol.